The van der Waals surface area contributed by atoms with Crippen molar-refractivity contribution >= 4 is 22.3 Å². The maximum atomic E-state index is 6.04. The predicted molar refractivity (Wildman–Crippen MR) is 77.9 cm³/mol. The van der Waals surface area contributed by atoms with E-state index in [0.29, 0.717) is 0 Å². The molecule has 2 aromatic rings. The van der Waals surface area contributed by atoms with Crippen molar-refractivity contribution in [2.24, 2.45) is 0 Å². The van der Waals surface area contributed by atoms with Crippen molar-refractivity contribution in [3.8, 4) is 0 Å². The van der Waals surface area contributed by atoms with Crippen LogP contribution in [0.2, 0.25) is 0 Å². The molecule has 0 aliphatic carbocycles. The number of nitrogens with two attached hydrogens (primary N) is 1. The molecule has 0 fully saturated rings. The molecule has 18 heavy (non-hydrogen) atoms. The number of pyridine rings is 1. The molecule has 1 heterocycles. The van der Waals surface area contributed by atoms with Gasteiger partial charge in [0, 0.05) is 35.7 Å². The lowest BCUT2D eigenvalue weighted by Crippen LogP contribution is -2.21. The second-order valence-electron chi connectivity index (χ2n) is 4.84. The van der Waals surface area contributed by atoms with Gasteiger partial charge in [0.15, 0.2) is 0 Å². The molecule has 3 N–H and O–H groups in total. The molecule has 1 aromatic heterocycles. The summed E-state index contributed by atoms with van der Waals surface area (Å²) >= 11 is 0. The topological polar surface area (TPSA) is 54.2 Å². The number of fused-ring (bicyclic) bond motifs is 1. The van der Waals surface area contributed by atoms with Gasteiger partial charge in [0.2, 0.25) is 0 Å². The molecule has 0 saturated carbocycles. The molecule has 0 aliphatic rings. The summed E-state index contributed by atoms with van der Waals surface area (Å²) in [5.74, 6) is 0.907. The van der Waals surface area contributed by atoms with Gasteiger partial charge in [-0.1, -0.05) is 0 Å². The van der Waals surface area contributed by atoms with Crippen molar-refractivity contribution in [1.29, 1.82) is 0 Å². The summed E-state index contributed by atoms with van der Waals surface area (Å²) in [4.78, 5) is 6.54. The van der Waals surface area contributed by atoms with Crippen LogP contribution in [0.5, 0.6) is 0 Å². The van der Waals surface area contributed by atoms with Gasteiger partial charge in [0.1, 0.15) is 5.82 Å². The van der Waals surface area contributed by atoms with Gasteiger partial charge in [-0.3, -0.25) is 0 Å². The van der Waals surface area contributed by atoms with Crippen LogP contribution in [0.4, 0.5) is 11.5 Å². The first-order valence-corrected chi connectivity index (χ1v) is 6.11. The van der Waals surface area contributed by atoms with Gasteiger partial charge in [0.25, 0.3) is 0 Å². The normalized spacial score (nSPS) is 11.1. The van der Waals surface area contributed by atoms with E-state index in [0.717, 1.165) is 40.9 Å². The van der Waals surface area contributed by atoms with E-state index in [2.05, 4.69) is 35.4 Å². The smallest absolute Gasteiger partial charge is 0.133 e. The Morgan fingerprint density at radius 1 is 1.28 bits per heavy atom. The molecule has 0 atom stereocenters. The summed E-state index contributed by atoms with van der Waals surface area (Å²) in [6.07, 6.45) is 1.80. The largest absolute Gasteiger partial charge is 0.398 e. The Morgan fingerprint density at radius 3 is 2.78 bits per heavy atom. The molecule has 0 bridgehead atoms. The second kappa shape index (κ2) is 5.23. The average Bonchev–Trinajstić information content (AvgIpc) is 2.29. The zero-order valence-corrected chi connectivity index (χ0v) is 11.2. The summed E-state index contributed by atoms with van der Waals surface area (Å²) in [5.41, 5.74) is 8.00. The third-order valence-corrected chi connectivity index (χ3v) is 2.91. The number of anilines is 2. The van der Waals surface area contributed by atoms with Crippen LogP contribution in [0.3, 0.4) is 0 Å². The zero-order chi connectivity index (χ0) is 13.1. The van der Waals surface area contributed by atoms with Crippen LogP contribution in [0, 0.1) is 6.92 Å². The first-order chi connectivity index (χ1) is 8.58. The van der Waals surface area contributed by atoms with Crippen molar-refractivity contribution in [2.45, 2.75) is 6.92 Å². The highest BCUT2D eigenvalue weighted by molar-refractivity contribution is 5.99. The fraction of sp³-hybridized carbons (Fsp3) is 0.357. The number of aryl methyl sites for hydroxylation is 1. The van der Waals surface area contributed by atoms with Crippen molar-refractivity contribution in [1.82, 2.24) is 9.88 Å². The number of nitrogens with one attached hydrogen (secondary N) is 1. The highest BCUT2D eigenvalue weighted by Crippen LogP contribution is 2.27. The monoisotopic (exact) mass is 244 g/mol. The van der Waals surface area contributed by atoms with E-state index < -0.39 is 0 Å². The van der Waals surface area contributed by atoms with Crippen molar-refractivity contribution < 1.29 is 0 Å². The Kier molecular flexibility index (Phi) is 3.67. The number of nitrogen functional groups attached to an aromatic ring is 1. The molecule has 4 heteroatoms. The SMILES string of the molecule is Cc1cc(N)c2ccnc(NCCN(C)C)c2c1. The summed E-state index contributed by atoms with van der Waals surface area (Å²) < 4.78 is 0. The average molecular weight is 244 g/mol. The molecule has 96 valence electrons. The number of aromatic nitrogens is 1. The maximum Gasteiger partial charge on any atom is 0.133 e. The van der Waals surface area contributed by atoms with Crippen LogP contribution >= 0.6 is 0 Å². The van der Waals surface area contributed by atoms with Crippen LogP contribution in [-0.2, 0) is 0 Å². The third kappa shape index (κ3) is 2.71. The quantitative estimate of drug-likeness (QED) is 0.809. The lowest BCUT2D eigenvalue weighted by atomic mass is 10.1. The summed E-state index contributed by atoms with van der Waals surface area (Å²) in [6.45, 7) is 3.89. The van der Waals surface area contributed by atoms with Gasteiger partial charge < -0.3 is 16.0 Å². The third-order valence-electron chi connectivity index (χ3n) is 2.91. The molecule has 0 spiro atoms. The predicted octanol–water partition coefficient (Wildman–Crippen LogP) is 2.10. The summed E-state index contributed by atoms with van der Waals surface area (Å²) in [6, 6.07) is 6.07. The Morgan fingerprint density at radius 2 is 2.06 bits per heavy atom. The van der Waals surface area contributed by atoms with E-state index in [1.54, 1.807) is 6.20 Å². The molecule has 1 aromatic carbocycles. The fourth-order valence-electron chi connectivity index (χ4n) is 2.00. The highest BCUT2D eigenvalue weighted by Gasteiger charge is 2.05. The minimum absolute atomic E-state index is 0.808. The molecular formula is C14H20N4. The van der Waals surface area contributed by atoms with E-state index in [-0.39, 0.29) is 0 Å². The highest BCUT2D eigenvalue weighted by atomic mass is 15.1. The molecule has 0 unspecified atom stereocenters. The van der Waals surface area contributed by atoms with E-state index in [4.69, 9.17) is 5.73 Å². The molecule has 0 aliphatic heterocycles. The summed E-state index contributed by atoms with van der Waals surface area (Å²) in [7, 11) is 4.11. The second-order valence-corrected chi connectivity index (χ2v) is 4.84. The van der Waals surface area contributed by atoms with E-state index in [9.17, 15) is 0 Å². The van der Waals surface area contributed by atoms with Gasteiger partial charge >= 0.3 is 0 Å². The van der Waals surface area contributed by atoms with Gasteiger partial charge in [-0.05, 0) is 44.8 Å². The number of hydrogen-bond acceptors (Lipinski definition) is 4. The summed E-state index contributed by atoms with van der Waals surface area (Å²) in [5, 5.41) is 5.51. The van der Waals surface area contributed by atoms with Crippen LogP contribution < -0.4 is 11.1 Å². The van der Waals surface area contributed by atoms with Crippen LogP contribution in [0.1, 0.15) is 5.56 Å². The van der Waals surface area contributed by atoms with Gasteiger partial charge in [-0.15, -0.1) is 0 Å². The lowest BCUT2D eigenvalue weighted by Gasteiger charge is -2.13. The Balaban J connectivity index is 2.33. The lowest BCUT2D eigenvalue weighted by molar-refractivity contribution is 0.425. The molecule has 0 saturated heterocycles. The number of rotatable bonds is 4. The van der Waals surface area contributed by atoms with Crippen molar-refractivity contribution in [3.63, 3.8) is 0 Å². The zero-order valence-electron chi connectivity index (χ0n) is 11.2. The molecule has 0 radical (unpaired) electrons. The standard InChI is InChI=1S/C14H20N4/c1-10-8-12-11(13(15)9-10)4-5-16-14(12)17-6-7-18(2)3/h4-5,8-9H,6-7,15H2,1-3H3,(H,16,17). The molecule has 0 amide bonds. The number of hydrogen-bond donors (Lipinski definition) is 2. The minimum atomic E-state index is 0.808. The minimum Gasteiger partial charge on any atom is -0.398 e. The first-order valence-electron chi connectivity index (χ1n) is 6.11. The van der Waals surface area contributed by atoms with E-state index in [1.165, 1.54) is 0 Å². The Labute approximate surface area is 108 Å². The number of nitrogens with zero attached hydrogens (tertiary/aromatic N) is 2. The van der Waals surface area contributed by atoms with Crippen molar-refractivity contribution in [2.75, 3.05) is 38.2 Å². The van der Waals surface area contributed by atoms with E-state index >= 15 is 0 Å². The van der Waals surface area contributed by atoms with Gasteiger partial charge in [0.05, 0.1) is 0 Å². The first kappa shape index (κ1) is 12.6. The molecule has 2 rings (SSSR count). The molecular weight excluding hydrogens is 224 g/mol. The Bertz CT molecular complexity index is 549. The number of benzene rings is 1. The van der Waals surface area contributed by atoms with Gasteiger partial charge in [-0.2, -0.15) is 0 Å². The Hall–Kier alpha value is -1.81. The van der Waals surface area contributed by atoms with Crippen LogP contribution in [0.25, 0.3) is 10.8 Å². The molecule has 4 nitrogen and oxygen atoms in total. The van der Waals surface area contributed by atoms with Crippen LogP contribution in [-0.4, -0.2) is 37.1 Å². The van der Waals surface area contributed by atoms with Crippen LogP contribution in [0.15, 0.2) is 24.4 Å². The maximum absolute atomic E-state index is 6.04. The van der Waals surface area contributed by atoms with Crippen molar-refractivity contribution in [3.05, 3.63) is 30.0 Å². The number of likely N-dealkylation sites (N-methyl/N-ethyl adjacent to an activating group) is 1. The van der Waals surface area contributed by atoms with Gasteiger partial charge in [-0.25, -0.2) is 4.98 Å². The fourth-order valence-corrected chi connectivity index (χ4v) is 2.00. The van der Waals surface area contributed by atoms with E-state index in [1.807, 2.05) is 19.1 Å².